The summed E-state index contributed by atoms with van der Waals surface area (Å²) < 4.78 is 27.8. The lowest BCUT2D eigenvalue weighted by Crippen LogP contribution is -2.46. The molecule has 0 spiro atoms. The SMILES string of the molecule is CCCCC(CN)NC(=O)C(F)(F)c1ccccc1. The summed E-state index contributed by atoms with van der Waals surface area (Å²) in [5.41, 5.74) is 5.18. The van der Waals surface area contributed by atoms with Crippen molar-refractivity contribution in [1.29, 1.82) is 0 Å². The molecule has 1 rings (SSSR count). The van der Waals surface area contributed by atoms with Gasteiger partial charge >= 0.3 is 5.92 Å². The van der Waals surface area contributed by atoms with Crippen molar-refractivity contribution in [1.82, 2.24) is 5.32 Å². The topological polar surface area (TPSA) is 55.1 Å². The van der Waals surface area contributed by atoms with Crippen LogP contribution in [-0.2, 0) is 10.7 Å². The minimum Gasteiger partial charge on any atom is -0.347 e. The molecular formula is C14H20F2N2O. The summed E-state index contributed by atoms with van der Waals surface area (Å²) in [6.45, 7) is 2.16. The number of rotatable bonds is 7. The van der Waals surface area contributed by atoms with E-state index in [-0.39, 0.29) is 12.1 Å². The van der Waals surface area contributed by atoms with Crippen LogP contribution in [0.5, 0.6) is 0 Å². The summed E-state index contributed by atoms with van der Waals surface area (Å²) in [4.78, 5) is 11.7. The van der Waals surface area contributed by atoms with Crippen molar-refractivity contribution in [3.05, 3.63) is 35.9 Å². The first-order valence-electron chi connectivity index (χ1n) is 6.46. The molecule has 3 N–H and O–H groups in total. The number of benzene rings is 1. The van der Waals surface area contributed by atoms with Gasteiger partial charge in [-0.1, -0.05) is 50.1 Å². The van der Waals surface area contributed by atoms with Gasteiger partial charge in [-0.3, -0.25) is 4.79 Å². The average molecular weight is 270 g/mol. The molecule has 19 heavy (non-hydrogen) atoms. The van der Waals surface area contributed by atoms with Gasteiger partial charge in [-0.25, -0.2) is 0 Å². The molecule has 0 heterocycles. The van der Waals surface area contributed by atoms with E-state index in [2.05, 4.69) is 5.32 Å². The van der Waals surface area contributed by atoms with Crippen LogP contribution in [0.1, 0.15) is 31.7 Å². The van der Waals surface area contributed by atoms with Crippen LogP contribution in [0.2, 0.25) is 0 Å². The molecule has 3 nitrogen and oxygen atoms in total. The van der Waals surface area contributed by atoms with E-state index in [1.165, 1.54) is 24.3 Å². The summed E-state index contributed by atoms with van der Waals surface area (Å²) >= 11 is 0. The summed E-state index contributed by atoms with van der Waals surface area (Å²) in [6.07, 6.45) is 2.39. The molecule has 1 amide bonds. The molecule has 0 aliphatic heterocycles. The van der Waals surface area contributed by atoms with Gasteiger partial charge in [0.2, 0.25) is 0 Å². The lowest BCUT2D eigenvalue weighted by molar-refractivity contribution is -0.147. The Kier molecular flexibility index (Phi) is 5.89. The molecular weight excluding hydrogens is 250 g/mol. The Balaban J connectivity index is 2.70. The standard InChI is InChI=1S/C14H20F2N2O/c1-2-3-9-12(10-17)18-13(19)14(15,16)11-7-5-4-6-8-11/h4-8,12H,2-3,9-10,17H2,1H3,(H,18,19). The van der Waals surface area contributed by atoms with Gasteiger partial charge in [0.25, 0.3) is 5.91 Å². The maximum atomic E-state index is 13.9. The molecule has 0 aliphatic rings. The fraction of sp³-hybridized carbons (Fsp3) is 0.500. The number of carbonyl (C=O) groups is 1. The Morgan fingerprint density at radius 1 is 1.37 bits per heavy atom. The van der Waals surface area contributed by atoms with Gasteiger partial charge in [0.05, 0.1) is 0 Å². The van der Waals surface area contributed by atoms with E-state index < -0.39 is 17.9 Å². The summed E-state index contributed by atoms with van der Waals surface area (Å²) in [5, 5.41) is 2.33. The maximum Gasteiger partial charge on any atom is 0.349 e. The zero-order valence-corrected chi connectivity index (χ0v) is 11.0. The third kappa shape index (κ3) is 4.28. The lowest BCUT2D eigenvalue weighted by Gasteiger charge is -2.21. The van der Waals surface area contributed by atoms with E-state index in [4.69, 9.17) is 5.73 Å². The summed E-state index contributed by atoms with van der Waals surface area (Å²) in [7, 11) is 0. The summed E-state index contributed by atoms with van der Waals surface area (Å²) in [5.74, 6) is -4.81. The highest BCUT2D eigenvalue weighted by atomic mass is 19.3. The Morgan fingerprint density at radius 3 is 2.53 bits per heavy atom. The number of nitrogens with one attached hydrogen (secondary N) is 1. The third-order valence-corrected chi connectivity index (χ3v) is 2.95. The first-order chi connectivity index (χ1) is 9.02. The predicted octanol–water partition coefficient (Wildman–Crippen LogP) is 2.41. The number of hydrogen-bond donors (Lipinski definition) is 2. The van der Waals surface area contributed by atoms with Crippen LogP contribution in [0.25, 0.3) is 0 Å². The second-order valence-electron chi connectivity index (χ2n) is 4.49. The van der Waals surface area contributed by atoms with Gasteiger partial charge in [-0.2, -0.15) is 8.78 Å². The smallest absolute Gasteiger partial charge is 0.347 e. The molecule has 0 aromatic heterocycles. The highest BCUT2D eigenvalue weighted by Crippen LogP contribution is 2.28. The number of hydrogen-bond acceptors (Lipinski definition) is 2. The van der Waals surface area contributed by atoms with Crippen molar-refractivity contribution < 1.29 is 13.6 Å². The number of nitrogens with two attached hydrogens (primary N) is 1. The number of alkyl halides is 2. The lowest BCUT2D eigenvalue weighted by atomic mass is 10.1. The maximum absolute atomic E-state index is 13.9. The van der Waals surface area contributed by atoms with Crippen molar-refractivity contribution in [3.8, 4) is 0 Å². The van der Waals surface area contributed by atoms with Crippen LogP contribution in [-0.4, -0.2) is 18.5 Å². The van der Waals surface area contributed by atoms with Crippen LogP contribution in [0.15, 0.2) is 30.3 Å². The first-order valence-corrected chi connectivity index (χ1v) is 6.46. The van der Waals surface area contributed by atoms with Gasteiger partial charge in [-0.05, 0) is 6.42 Å². The Morgan fingerprint density at radius 2 is 2.00 bits per heavy atom. The van der Waals surface area contributed by atoms with Crippen molar-refractivity contribution in [2.24, 2.45) is 5.73 Å². The fourth-order valence-corrected chi connectivity index (χ4v) is 1.75. The molecule has 1 aromatic rings. The van der Waals surface area contributed by atoms with E-state index in [1.807, 2.05) is 6.92 Å². The van der Waals surface area contributed by atoms with Crippen molar-refractivity contribution >= 4 is 5.91 Å². The van der Waals surface area contributed by atoms with E-state index in [9.17, 15) is 13.6 Å². The van der Waals surface area contributed by atoms with Gasteiger partial charge in [-0.15, -0.1) is 0 Å². The van der Waals surface area contributed by atoms with Gasteiger partial charge in [0.15, 0.2) is 0 Å². The highest BCUT2D eigenvalue weighted by Gasteiger charge is 2.41. The molecule has 1 unspecified atom stereocenters. The molecule has 5 heteroatoms. The number of carbonyl (C=O) groups excluding carboxylic acids is 1. The van der Waals surface area contributed by atoms with E-state index in [1.54, 1.807) is 6.07 Å². The van der Waals surface area contributed by atoms with Crippen molar-refractivity contribution in [2.75, 3.05) is 6.54 Å². The van der Waals surface area contributed by atoms with E-state index >= 15 is 0 Å². The summed E-state index contributed by atoms with van der Waals surface area (Å²) in [6, 6.07) is 6.66. The van der Waals surface area contributed by atoms with Crippen molar-refractivity contribution in [3.63, 3.8) is 0 Å². The highest BCUT2D eigenvalue weighted by molar-refractivity contribution is 5.85. The normalized spacial score (nSPS) is 13.1. The molecule has 1 aromatic carbocycles. The molecule has 0 saturated heterocycles. The quantitative estimate of drug-likeness (QED) is 0.799. The van der Waals surface area contributed by atoms with Gasteiger partial charge in [0, 0.05) is 18.2 Å². The van der Waals surface area contributed by atoms with Crippen LogP contribution in [0.3, 0.4) is 0 Å². The first kappa shape index (κ1) is 15.6. The minimum absolute atomic E-state index is 0.163. The Bertz CT molecular complexity index is 396. The molecule has 106 valence electrons. The van der Waals surface area contributed by atoms with Crippen LogP contribution >= 0.6 is 0 Å². The fourth-order valence-electron chi connectivity index (χ4n) is 1.75. The molecule has 0 radical (unpaired) electrons. The minimum atomic E-state index is -3.53. The van der Waals surface area contributed by atoms with E-state index in [0.717, 1.165) is 12.8 Å². The zero-order chi connectivity index (χ0) is 14.3. The average Bonchev–Trinajstić information content (AvgIpc) is 2.44. The molecule has 0 aliphatic carbocycles. The second-order valence-corrected chi connectivity index (χ2v) is 4.49. The Labute approximate surface area is 112 Å². The van der Waals surface area contributed by atoms with Crippen LogP contribution < -0.4 is 11.1 Å². The Hall–Kier alpha value is -1.49. The molecule has 0 bridgehead atoms. The van der Waals surface area contributed by atoms with Gasteiger partial charge in [0.1, 0.15) is 0 Å². The molecule has 0 fully saturated rings. The van der Waals surface area contributed by atoms with Crippen molar-refractivity contribution in [2.45, 2.75) is 38.2 Å². The second kappa shape index (κ2) is 7.19. The van der Waals surface area contributed by atoms with E-state index in [0.29, 0.717) is 6.42 Å². The predicted molar refractivity (Wildman–Crippen MR) is 70.8 cm³/mol. The molecule has 0 saturated carbocycles. The third-order valence-electron chi connectivity index (χ3n) is 2.95. The number of amides is 1. The zero-order valence-electron chi connectivity index (χ0n) is 11.0. The monoisotopic (exact) mass is 270 g/mol. The largest absolute Gasteiger partial charge is 0.349 e. The van der Waals surface area contributed by atoms with Crippen LogP contribution in [0, 0.1) is 0 Å². The number of halogens is 2. The van der Waals surface area contributed by atoms with Crippen LogP contribution in [0.4, 0.5) is 8.78 Å². The molecule has 1 atom stereocenters. The number of unbranched alkanes of at least 4 members (excludes halogenated alkanes) is 1. The van der Waals surface area contributed by atoms with Gasteiger partial charge < -0.3 is 11.1 Å².